The number of phenolic OH excluding ortho intramolecular Hbond substituents is 1. The fourth-order valence-electron chi connectivity index (χ4n) is 1.53. The second-order valence-corrected chi connectivity index (χ2v) is 5.29. The van der Waals surface area contributed by atoms with E-state index in [9.17, 15) is 9.90 Å². The maximum atomic E-state index is 11.7. The van der Waals surface area contributed by atoms with Crippen molar-refractivity contribution in [2.24, 2.45) is 5.92 Å². The van der Waals surface area contributed by atoms with Crippen LogP contribution in [0.5, 0.6) is 5.75 Å². The molecule has 2 rings (SSSR count). The van der Waals surface area contributed by atoms with Crippen LogP contribution in [0, 0.1) is 5.92 Å². The molecule has 1 saturated carbocycles. The molecule has 1 fully saturated rings. The summed E-state index contributed by atoms with van der Waals surface area (Å²) in [7, 11) is 0. The molecule has 1 aromatic rings. The van der Waals surface area contributed by atoms with Crippen molar-refractivity contribution >= 4 is 21.8 Å². The predicted molar refractivity (Wildman–Crippen MR) is 71.7 cm³/mol. The standard InChI is InChI=1S/C13H16BrNO3/c14-11-4-3-10(7-12(11)16)13(17)15-5-6-18-8-9-1-2-9/h3-4,7,9,16H,1-2,5-6,8H2,(H,15,17). The average Bonchev–Trinajstić information content (AvgIpc) is 3.16. The van der Waals surface area contributed by atoms with Crippen LogP contribution in [0.25, 0.3) is 0 Å². The fourth-order valence-corrected chi connectivity index (χ4v) is 1.77. The van der Waals surface area contributed by atoms with E-state index < -0.39 is 0 Å². The molecule has 1 amide bonds. The highest BCUT2D eigenvalue weighted by Gasteiger charge is 2.20. The van der Waals surface area contributed by atoms with Crippen LogP contribution in [0.15, 0.2) is 22.7 Å². The number of hydrogen-bond acceptors (Lipinski definition) is 3. The molecule has 0 spiro atoms. The Labute approximate surface area is 114 Å². The monoisotopic (exact) mass is 313 g/mol. The molecule has 0 heterocycles. The van der Waals surface area contributed by atoms with Crippen molar-refractivity contribution in [1.82, 2.24) is 5.32 Å². The number of ether oxygens (including phenoxy) is 1. The Bertz CT molecular complexity index is 432. The summed E-state index contributed by atoms with van der Waals surface area (Å²) < 4.78 is 5.99. The summed E-state index contributed by atoms with van der Waals surface area (Å²) in [6.45, 7) is 1.82. The van der Waals surface area contributed by atoms with E-state index in [2.05, 4.69) is 21.2 Å². The van der Waals surface area contributed by atoms with Gasteiger partial charge in [-0.05, 0) is 52.9 Å². The zero-order valence-electron chi connectivity index (χ0n) is 9.99. The summed E-state index contributed by atoms with van der Waals surface area (Å²) in [5.41, 5.74) is 0.442. The number of phenols is 1. The molecule has 1 aromatic carbocycles. The third-order valence-corrected chi connectivity index (χ3v) is 3.46. The Morgan fingerprint density at radius 1 is 1.50 bits per heavy atom. The molecule has 0 radical (unpaired) electrons. The summed E-state index contributed by atoms with van der Waals surface area (Å²) in [6.07, 6.45) is 2.54. The number of halogens is 1. The van der Waals surface area contributed by atoms with Crippen LogP contribution in [0.3, 0.4) is 0 Å². The number of aromatic hydroxyl groups is 1. The van der Waals surface area contributed by atoms with Gasteiger partial charge in [0.2, 0.25) is 0 Å². The van der Waals surface area contributed by atoms with Crippen molar-refractivity contribution in [2.45, 2.75) is 12.8 Å². The first-order chi connectivity index (χ1) is 8.66. The molecule has 4 nitrogen and oxygen atoms in total. The van der Waals surface area contributed by atoms with Crippen molar-refractivity contribution in [1.29, 1.82) is 0 Å². The third-order valence-electron chi connectivity index (χ3n) is 2.79. The third kappa shape index (κ3) is 3.99. The van der Waals surface area contributed by atoms with Gasteiger partial charge in [-0.3, -0.25) is 4.79 Å². The minimum atomic E-state index is -0.201. The van der Waals surface area contributed by atoms with Crippen LogP contribution < -0.4 is 5.32 Å². The first-order valence-electron chi connectivity index (χ1n) is 6.01. The molecule has 98 valence electrons. The van der Waals surface area contributed by atoms with Gasteiger partial charge in [-0.25, -0.2) is 0 Å². The van der Waals surface area contributed by atoms with Gasteiger partial charge in [0, 0.05) is 18.7 Å². The van der Waals surface area contributed by atoms with E-state index in [1.165, 1.54) is 18.9 Å². The van der Waals surface area contributed by atoms with Gasteiger partial charge in [-0.15, -0.1) is 0 Å². The molecule has 2 N–H and O–H groups in total. The van der Waals surface area contributed by atoms with Crippen molar-refractivity contribution in [3.05, 3.63) is 28.2 Å². The zero-order chi connectivity index (χ0) is 13.0. The molecule has 0 aromatic heterocycles. The van der Waals surface area contributed by atoms with Crippen molar-refractivity contribution < 1.29 is 14.6 Å². The second-order valence-electron chi connectivity index (χ2n) is 4.44. The summed E-state index contributed by atoms with van der Waals surface area (Å²) in [5, 5.41) is 12.2. The minimum Gasteiger partial charge on any atom is -0.507 e. The number of carbonyl (C=O) groups is 1. The van der Waals surface area contributed by atoms with Crippen LogP contribution in [-0.4, -0.2) is 30.8 Å². The minimum absolute atomic E-state index is 0.0626. The van der Waals surface area contributed by atoms with Gasteiger partial charge in [0.25, 0.3) is 5.91 Å². The highest BCUT2D eigenvalue weighted by molar-refractivity contribution is 9.10. The summed E-state index contributed by atoms with van der Waals surface area (Å²) in [4.78, 5) is 11.7. The molecule has 18 heavy (non-hydrogen) atoms. The maximum Gasteiger partial charge on any atom is 0.251 e. The molecule has 0 unspecified atom stereocenters. The van der Waals surface area contributed by atoms with E-state index in [1.807, 2.05) is 0 Å². The molecule has 0 aliphatic heterocycles. The number of benzene rings is 1. The molecular weight excluding hydrogens is 298 g/mol. The number of hydrogen-bond donors (Lipinski definition) is 2. The fraction of sp³-hybridized carbons (Fsp3) is 0.462. The first kappa shape index (κ1) is 13.4. The molecule has 0 bridgehead atoms. The van der Waals surface area contributed by atoms with E-state index >= 15 is 0 Å². The summed E-state index contributed by atoms with van der Waals surface area (Å²) in [5.74, 6) is 0.601. The Kier molecular flexibility index (Phi) is 4.60. The number of rotatable bonds is 6. The van der Waals surface area contributed by atoms with Crippen molar-refractivity contribution in [3.8, 4) is 5.75 Å². The van der Waals surface area contributed by atoms with Crippen LogP contribution in [-0.2, 0) is 4.74 Å². The molecule has 5 heteroatoms. The number of carbonyl (C=O) groups excluding carboxylic acids is 1. The number of nitrogens with one attached hydrogen (secondary N) is 1. The lowest BCUT2D eigenvalue weighted by atomic mass is 10.2. The van der Waals surface area contributed by atoms with E-state index in [0.717, 1.165) is 12.5 Å². The van der Waals surface area contributed by atoms with E-state index in [0.29, 0.717) is 23.2 Å². The maximum absolute atomic E-state index is 11.7. The summed E-state index contributed by atoms with van der Waals surface area (Å²) >= 11 is 3.17. The topological polar surface area (TPSA) is 58.6 Å². The summed E-state index contributed by atoms with van der Waals surface area (Å²) in [6, 6.07) is 4.74. The zero-order valence-corrected chi connectivity index (χ0v) is 11.6. The highest BCUT2D eigenvalue weighted by Crippen LogP contribution is 2.28. The van der Waals surface area contributed by atoms with Gasteiger partial charge in [0.05, 0.1) is 11.1 Å². The van der Waals surface area contributed by atoms with Crippen molar-refractivity contribution in [3.63, 3.8) is 0 Å². The molecular formula is C13H16BrNO3. The normalized spacial score (nSPS) is 14.5. The Morgan fingerprint density at radius 2 is 2.28 bits per heavy atom. The molecule has 0 saturated heterocycles. The molecule has 0 atom stereocenters. The lowest BCUT2D eigenvalue weighted by molar-refractivity contribution is 0.0906. The predicted octanol–water partition coefficient (Wildman–Crippen LogP) is 2.31. The van der Waals surface area contributed by atoms with E-state index in [-0.39, 0.29) is 11.7 Å². The lowest BCUT2D eigenvalue weighted by Gasteiger charge is -2.07. The Balaban J connectivity index is 1.70. The first-order valence-corrected chi connectivity index (χ1v) is 6.80. The second kappa shape index (κ2) is 6.20. The van der Waals surface area contributed by atoms with Crippen LogP contribution in [0.1, 0.15) is 23.2 Å². The van der Waals surface area contributed by atoms with E-state index in [4.69, 9.17) is 4.74 Å². The van der Waals surface area contributed by atoms with Gasteiger partial charge in [0.1, 0.15) is 5.75 Å². The van der Waals surface area contributed by atoms with Gasteiger partial charge < -0.3 is 15.2 Å². The van der Waals surface area contributed by atoms with Crippen molar-refractivity contribution in [2.75, 3.05) is 19.8 Å². The van der Waals surface area contributed by atoms with Crippen LogP contribution in [0.4, 0.5) is 0 Å². The largest absolute Gasteiger partial charge is 0.507 e. The van der Waals surface area contributed by atoms with Crippen LogP contribution >= 0.6 is 15.9 Å². The lowest BCUT2D eigenvalue weighted by Crippen LogP contribution is -2.27. The molecule has 1 aliphatic rings. The van der Waals surface area contributed by atoms with E-state index in [1.54, 1.807) is 12.1 Å². The smallest absolute Gasteiger partial charge is 0.251 e. The quantitative estimate of drug-likeness (QED) is 0.792. The molecule has 1 aliphatic carbocycles. The Hall–Kier alpha value is -1.07. The van der Waals surface area contributed by atoms with Gasteiger partial charge in [-0.2, -0.15) is 0 Å². The SMILES string of the molecule is O=C(NCCOCC1CC1)c1ccc(Br)c(O)c1. The van der Waals surface area contributed by atoms with Crippen LogP contribution in [0.2, 0.25) is 0 Å². The van der Waals surface area contributed by atoms with Gasteiger partial charge >= 0.3 is 0 Å². The average molecular weight is 314 g/mol. The highest BCUT2D eigenvalue weighted by atomic mass is 79.9. The van der Waals surface area contributed by atoms with Gasteiger partial charge in [-0.1, -0.05) is 0 Å². The van der Waals surface area contributed by atoms with Gasteiger partial charge in [0.15, 0.2) is 0 Å². The Morgan fingerprint density at radius 3 is 2.94 bits per heavy atom. The number of amides is 1.